The number of furan rings is 1. The molecule has 0 bridgehead atoms. The number of hydrogen-bond acceptors (Lipinski definition) is 1. The Morgan fingerprint density at radius 1 is 1.14 bits per heavy atom. The van der Waals surface area contributed by atoms with Crippen LogP contribution in [0.5, 0.6) is 0 Å². The van der Waals surface area contributed by atoms with Crippen molar-refractivity contribution in [3.05, 3.63) is 35.0 Å². The topological polar surface area (TPSA) is 13.1 Å². The summed E-state index contributed by atoms with van der Waals surface area (Å²) in [6.45, 7) is 0. The molecule has 0 spiro atoms. The summed E-state index contributed by atoms with van der Waals surface area (Å²) in [6, 6.07) is 3.83. The summed E-state index contributed by atoms with van der Waals surface area (Å²) in [5, 5.41) is 0.169. The lowest BCUT2D eigenvalue weighted by Gasteiger charge is -2.08. The van der Waals surface area contributed by atoms with Crippen molar-refractivity contribution in [1.82, 2.24) is 0 Å². The van der Waals surface area contributed by atoms with Gasteiger partial charge < -0.3 is 4.42 Å². The predicted molar refractivity (Wildman–Crippen MR) is 46.2 cm³/mol. The molecule has 74 valence electrons. The SMILES string of the molecule is FC(F)(F)c1ccc2ccoc2c1Cl. The maximum atomic E-state index is 12.4. The lowest BCUT2D eigenvalue weighted by molar-refractivity contribution is -0.137. The monoisotopic (exact) mass is 220 g/mol. The first-order chi connectivity index (χ1) is 6.50. The van der Waals surface area contributed by atoms with Gasteiger partial charge in [0.05, 0.1) is 16.8 Å². The summed E-state index contributed by atoms with van der Waals surface area (Å²) in [4.78, 5) is 0. The zero-order valence-electron chi connectivity index (χ0n) is 6.73. The first-order valence-electron chi connectivity index (χ1n) is 3.73. The summed E-state index contributed by atoms with van der Waals surface area (Å²) in [6.07, 6.45) is -3.14. The Kier molecular flexibility index (Phi) is 1.96. The van der Waals surface area contributed by atoms with Crippen molar-refractivity contribution >= 4 is 22.6 Å². The molecule has 0 fully saturated rings. The molecule has 0 aliphatic heterocycles. The molecule has 0 aliphatic carbocycles. The Labute approximate surface area is 82.1 Å². The number of rotatable bonds is 0. The van der Waals surface area contributed by atoms with E-state index in [2.05, 4.69) is 0 Å². The summed E-state index contributed by atoms with van der Waals surface area (Å²) in [7, 11) is 0. The standard InChI is InChI=1S/C9H4ClF3O/c10-7-6(9(11,12)13)2-1-5-3-4-14-8(5)7/h1-4H. The lowest BCUT2D eigenvalue weighted by Crippen LogP contribution is -2.05. The van der Waals surface area contributed by atoms with E-state index in [1.54, 1.807) is 6.07 Å². The van der Waals surface area contributed by atoms with E-state index < -0.39 is 11.7 Å². The molecular weight excluding hydrogens is 217 g/mol. The molecule has 0 amide bonds. The lowest BCUT2D eigenvalue weighted by atomic mass is 10.1. The van der Waals surface area contributed by atoms with E-state index in [0.29, 0.717) is 5.39 Å². The van der Waals surface area contributed by atoms with Crippen LogP contribution in [0.2, 0.25) is 5.02 Å². The van der Waals surface area contributed by atoms with Gasteiger partial charge >= 0.3 is 6.18 Å². The second kappa shape index (κ2) is 2.92. The van der Waals surface area contributed by atoms with Gasteiger partial charge in [0, 0.05) is 5.39 Å². The first-order valence-corrected chi connectivity index (χ1v) is 4.11. The van der Waals surface area contributed by atoms with Gasteiger partial charge in [-0.3, -0.25) is 0 Å². The van der Waals surface area contributed by atoms with Gasteiger partial charge in [0.1, 0.15) is 0 Å². The molecule has 5 heteroatoms. The second-order valence-electron chi connectivity index (χ2n) is 2.76. The molecule has 1 aromatic heterocycles. The van der Waals surface area contributed by atoms with Crippen LogP contribution in [-0.4, -0.2) is 0 Å². The maximum Gasteiger partial charge on any atom is 0.417 e. The van der Waals surface area contributed by atoms with Crippen LogP contribution in [-0.2, 0) is 6.18 Å². The average Bonchev–Trinajstić information content (AvgIpc) is 2.50. The van der Waals surface area contributed by atoms with E-state index in [1.807, 2.05) is 0 Å². The molecule has 0 N–H and O–H groups in total. The van der Waals surface area contributed by atoms with Crippen molar-refractivity contribution in [2.24, 2.45) is 0 Å². The highest BCUT2D eigenvalue weighted by atomic mass is 35.5. The highest BCUT2D eigenvalue weighted by Crippen LogP contribution is 2.38. The zero-order chi connectivity index (χ0) is 10.3. The number of halogens is 4. The van der Waals surface area contributed by atoms with Crippen LogP contribution in [0, 0.1) is 0 Å². The van der Waals surface area contributed by atoms with Gasteiger partial charge in [0.2, 0.25) is 0 Å². The molecule has 1 aromatic carbocycles. The van der Waals surface area contributed by atoms with Gasteiger partial charge in [-0.05, 0) is 12.1 Å². The van der Waals surface area contributed by atoms with Crippen molar-refractivity contribution in [3.63, 3.8) is 0 Å². The van der Waals surface area contributed by atoms with Crippen molar-refractivity contribution in [2.75, 3.05) is 0 Å². The molecular formula is C9H4ClF3O. The van der Waals surface area contributed by atoms with E-state index in [9.17, 15) is 13.2 Å². The third kappa shape index (κ3) is 1.35. The first kappa shape index (κ1) is 9.40. The minimum absolute atomic E-state index is 0.0708. The second-order valence-corrected chi connectivity index (χ2v) is 3.14. The van der Waals surface area contributed by atoms with Gasteiger partial charge in [-0.2, -0.15) is 13.2 Å². The van der Waals surface area contributed by atoms with Crippen LogP contribution >= 0.6 is 11.6 Å². The van der Waals surface area contributed by atoms with Crippen molar-refractivity contribution in [2.45, 2.75) is 6.18 Å². The van der Waals surface area contributed by atoms with Crippen molar-refractivity contribution in [1.29, 1.82) is 0 Å². The Balaban J connectivity index is 2.74. The van der Waals surface area contributed by atoms with Gasteiger partial charge in [-0.15, -0.1) is 0 Å². The van der Waals surface area contributed by atoms with Crippen molar-refractivity contribution in [3.8, 4) is 0 Å². The van der Waals surface area contributed by atoms with Gasteiger partial charge in [-0.25, -0.2) is 0 Å². The van der Waals surface area contributed by atoms with E-state index in [0.717, 1.165) is 6.07 Å². The van der Waals surface area contributed by atoms with E-state index >= 15 is 0 Å². The fourth-order valence-electron chi connectivity index (χ4n) is 1.22. The van der Waals surface area contributed by atoms with Crippen LogP contribution < -0.4 is 0 Å². The highest BCUT2D eigenvalue weighted by Gasteiger charge is 2.34. The smallest absolute Gasteiger partial charge is 0.417 e. The molecule has 0 unspecified atom stereocenters. The third-order valence-corrected chi connectivity index (χ3v) is 2.24. The van der Waals surface area contributed by atoms with E-state index in [-0.39, 0.29) is 10.6 Å². The summed E-state index contributed by atoms with van der Waals surface area (Å²) < 4.78 is 41.9. The molecule has 0 radical (unpaired) electrons. The minimum Gasteiger partial charge on any atom is -0.463 e. The molecule has 1 nitrogen and oxygen atoms in total. The average molecular weight is 221 g/mol. The number of fused-ring (bicyclic) bond motifs is 1. The number of hydrogen-bond donors (Lipinski definition) is 0. The van der Waals surface area contributed by atoms with Gasteiger partial charge in [-0.1, -0.05) is 17.7 Å². The van der Waals surface area contributed by atoms with E-state index in [1.165, 1.54) is 12.3 Å². The van der Waals surface area contributed by atoms with Crippen LogP contribution in [0.4, 0.5) is 13.2 Å². The van der Waals surface area contributed by atoms with E-state index in [4.69, 9.17) is 16.0 Å². The zero-order valence-corrected chi connectivity index (χ0v) is 7.49. The quantitative estimate of drug-likeness (QED) is 0.651. The van der Waals surface area contributed by atoms with Crippen LogP contribution in [0.15, 0.2) is 28.9 Å². The molecule has 0 atom stereocenters. The Hall–Kier alpha value is -1.16. The third-order valence-electron chi connectivity index (χ3n) is 1.87. The Morgan fingerprint density at radius 3 is 2.50 bits per heavy atom. The summed E-state index contributed by atoms with van der Waals surface area (Å²) >= 11 is 5.55. The fourth-order valence-corrected chi connectivity index (χ4v) is 1.54. The normalized spacial score (nSPS) is 12.3. The van der Waals surface area contributed by atoms with Crippen LogP contribution in [0.3, 0.4) is 0 Å². The van der Waals surface area contributed by atoms with Gasteiger partial charge in [0.15, 0.2) is 5.58 Å². The summed E-state index contributed by atoms with van der Waals surface area (Å²) in [5.41, 5.74) is -0.803. The van der Waals surface area contributed by atoms with Gasteiger partial charge in [0.25, 0.3) is 0 Å². The molecule has 0 saturated heterocycles. The molecule has 14 heavy (non-hydrogen) atoms. The van der Waals surface area contributed by atoms with Crippen LogP contribution in [0.1, 0.15) is 5.56 Å². The highest BCUT2D eigenvalue weighted by molar-refractivity contribution is 6.35. The largest absolute Gasteiger partial charge is 0.463 e. The molecule has 1 heterocycles. The Bertz CT molecular complexity index is 472. The summed E-state index contributed by atoms with van der Waals surface area (Å²) in [5.74, 6) is 0. The molecule has 0 aliphatic rings. The molecule has 2 rings (SSSR count). The fraction of sp³-hybridized carbons (Fsp3) is 0.111. The molecule has 0 saturated carbocycles. The Morgan fingerprint density at radius 2 is 1.86 bits per heavy atom. The van der Waals surface area contributed by atoms with Crippen LogP contribution in [0.25, 0.3) is 11.0 Å². The maximum absolute atomic E-state index is 12.4. The predicted octanol–water partition coefficient (Wildman–Crippen LogP) is 4.11. The van der Waals surface area contributed by atoms with Crippen molar-refractivity contribution < 1.29 is 17.6 Å². The number of benzene rings is 1. The molecule has 2 aromatic rings. The minimum atomic E-state index is -4.45. The number of alkyl halides is 3.